The highest BCUT2D eigenvalue weighted by atomic mass is 35.5. The monoisotopic (exact) mass is 401 g/mol. The number of rotatable bonds is 4. The molecule has 28 heavy (non-hydrogen) atoms. The van der Waals surface area contributed by atoms with Crippen LogP contribution in [0.15, 0.2) is 24.3 Å². The summed E-state index contributed by atoms with van der Waals surface area (Å²) in [7, 11) is 1.80. The molecule has 2 fully saturated rings. The second-order valence-electron chi connectivity index (χ2n) is 7.92. The number of halogens is 1. The Morgan fingerprint density at radius 2 is 2.11 bits per heavy atom. The Labute approximate surface area is 166 Å². The van der Waals surface area contributed by atoms with Crippen molar-refractivity contribution in [2.24, 2.45) is 13.0 Å². The molecule has 5 rings (SSSR count). The van der Waals surface area contributed by atoms with Crippen LogP contribution in [-0.4, -0.2) is 50.6 Å². The first kappa shape index (κ1) is 17.5. The van der Waals surface area contributed by atoms with E-state index in [1.54, 1.807) is 11.7 Å². The number of benzene rings is 1. The summed E-state index contributed by atoms with van der Waals surface area (Å²) in [5.41, 5.74) is 2.16. The van der Waals surface area contributed by atoms with E-state index in [0.29, 0.717) is 30.6 Å². The van der Waals surface area contributed by atoms with E-state index in [0.717, 1.165) is 29.7 Å². The largest absolute Gasteiger partial charge is 0.441 e. The molecule has 8 nitrogen and oxygen atoms in total. The van der Waals surface area contributed by atoms with Gasteiger partial charge in [-0.25, -0.2) is 4.79 Å². The molecule has 0 bridgehead atoms. The van der Waals surface area contributed by atoms with Gasteiger partial charge >= 0.3 is 6.09 Å². The van der Waals surface area contributed by atoms with Crippen molar-refractivity contribution in [1.29, 1.82) is 0 Å². The number of hydrogen-bond donors (Lipinski definition) is 1. The molecule has 0 radical (unpaired) electrons. The van der Waals surface area contributed by atoms with Gasteiger partial charge in [-0.2, -0.15) is 0 Å². The molecule has 1 aromatic heterocycles. The molecule has 2 aromatic rings. The molecule has 9 heteroatoms. The number of aryl methyl sites for hydroxylation is 1. The molecular formula is C19H20ClN5O3. The van der Waals surface area contributed by atoms with Gasteiger partial charge in [0.05, 0.1) is 18.3 Å². The zero-order valence-electron chi connectivity index (χ0n) is 15.4. The van der Waals surface area contributed by atoms with Crippen molar-refractivity contribution in [2.75, 3.05) is 13.1 Å². The van der Waals surface area contributed by atoms with Crippen LogP contribution in [-0.2, 0) is 18.2 Å². The normalized spacial score (nSPS) is 28.3. The zero-order valence-corrected chi connectivity index (χ0v) is 16.1. The van der Waals surface area contributed by atoms with Gasteiger partial charge in [-0.1, -0.05) is 35.0 Å². The smallest absolute Gasteiger partial charge is 0.407 e. The number of amides is 2. The van der Waals surface area contributed by atoms with Crippen molar-refractivity contribution >= 4 is 23.6 Å². The summed E-state index contributed by atoms with van der Waals surface area (Å²) in [6.45, 7) is 1.18. The van der Waals surface area contributed by atoms with Crippen molar-refractivity contribution in [3.05, 3.63) is 46.2 Å². The Hall–Kier alpha value is -2.61. The maximum atomic E-state index is 13.1. The average molecular weight is 402 g/mol. The van der Waals surface area contributed by atoms with Gasteiger partial charge in [0, 0.05) is 25.6 Å². The molecule has 146 valence electrons. The first-order valence-corrected chi connectivity index (χ1v) is 9.74. The number of nitrogens with zero attached hydrogens (tertiary/aromatic N) is 4. The number of alkyl carbamates (subject to hydrolysis) is 1. The van der Waals surface area contributed by atoms with E-state index >= 15 is 0 Å². The van der Waals surface area contributed by atoms with E-state index in [-0.39, 0.29) is 23.6 Å². The third-order valence-corrected chi connectivity index (χ3v) is 6.40. The minimum atomic E-state index is -0.387. The van der Waals surface area contributed by atoms with Gasteiger partial charge in [0.15, 0.2) is 5.15 Å². The van der Waals surface area contributed by atoms with E-state index in [1.807, 2.05) is 29.2 Å². The Morgan fingerprint density at radius 3 is 2.79 bits per heavy atom. The van der Waals surface area contributed by atoms with Crippen molar-refractivity contribution in [2.45, 2.75) is 30.9 Å². The molecule has 1 atom stereocenters. The predicted molar refractivity (Wildman–Crippen MR) is 99.9 cm³/mol. The molecule has 3 aliphatic rings. The molecule has 1 aliphatic carbocycles. The topological polar surface area (TPSA) is 89.4 Å². The van der Waals surface area contributed by atoms with Crippen molar-refractivity contribution < 1.29 is 14.3 Å². The van der Waals surface area contributed by atoms with Crippen LogP contribution in [0.2, 0.25) is 5.15 Å². The van der Waals surface area contributed by atoms with Gasteiger partial charge in [-0.3, -0.25) is 9.48 Å². The summed E-state index contributed by atoms with van der Waals surface area (Å²) < 4.78 is 7.08. The quantitative estimate of drug-likeness (QED) is 0.847. The van der Waals surface area contributed by atoms with Crippen LogP contribution in [0.4, 0.5) is 4.79 Å². The number of carbonyl (C=O) groups is 2. The van der Waals surface area contributed by atoms with Crippen LogP contribution in [0.3, 0.4) is 0 Å². The summed E-state index contributed by atoms with van der Waals surface area (Å²) in [4.78, 5) is 26.4. The molecule has 2 amide bonds. The van der Waals surface area contributed by atoms with Gasteiger partial charge in [0.2, 0.25) is 0 Å². The maximum Gasteiger partial charge on any atom is 0.407 e. The number of nitrogens with one attached hydrogen (secondary N) is 1. The molecule has 1 saturated heterocycles. The van der Waals surface area contributed by atoms with E-state index in [1.165, 1.54) is 0 Å². The van der Waals surface area contributed by atoms with Crippen molar-refractivity contribution in [3.8, 4) is 0 Å². The number of aromatic nitrogens is 3. The second kappa shape index (κ2) is 6.20. The fraction of sp³-hybridized carbons (Fsp3) is 0.474. The van der Waals surface area contributed by atoms with Crippen LogP contribution < -0.4 is 5.32 Å². The Morgan fingerprint density at radius 1 is 1.32 bits per heavy atom. The van der Waals surface area contributed by atoms with E-state index in [2.05, 4.69) is 15.6 Å². The lowest BCUT2D eigenvalue weighted by Gasteiger charge is -2.44. The van der Waals surface area contributed by atoms with Crippen LogP contribution in [0.5, 0.6) is 0 Å². The lowest BCUT2D eigenvalue weighted by molar-refractivity contribution is -0.0555. The van der Waals surface area contributed by atoms with Gasteiger partial charge in [0.1, 0.15) is 5.60 Å². The standard InChI is InChI=1S/C19H20ClN5O3/c1-24-15(16(20)22-23-24)6-14-12-4-2-3-5-13(12)17(26)25(14)9-11-7-19(8-11)10-21-18(27)28-19/h2-5,11,14H,6-10H2,1H3,(H,21,27). The molecule has 1 N–H and O–H groups in total. The van der Waals surface area contributed by atoms with Gasteiger partial charge < -0.3 is 15.0 Å². The number of carbonyl (C=O) groups excluding carboxylic acids is 2. The van der Waals surface area contributed by atoms with Crippen LogP contribution >= 0.6 is 11.6 Å². The van der Waals surface area contributed by atoms with Crippen LogP contribution in [0.1, 0.15) is 40.5 Å². The third-order valence-electron chi connectivity index (χ3n) is 6.11. The summed E-state index contributed by atoms with van der Waals surface area (Å²) in [6.07, 6.45) is 1.75. The Bertz CT molecular complexity index is 949. The Kier molecular flexibility index (Phi) is 3.87. The minimum absolute atomic E-state index is 0.0364. The van der Waals surface area contributed by atoms with Gasteiger partial charge in [-0.15, -0.1) is 5.10 Å². The van der Waals surface area contributed by atoms with Crippen molar-refractivity contribution in [1.82, 2.24) is 25.2 Å². The summed E-state index contributed by atoms with van der Waals surface area (Å²) in [6, 6.07) is 7.60. The second-order valence-corrected chi connectivity index (χ2v) is 8.27. The van der Waals surface area contributed by atoms with E-state index in [4.69, 9.17) is 16.3 Å². The Balaban J connectivity index is 1.38. The highest BCUT2D eigenvalue weighted by molar-refractivity contribution is 6.30. The van der Waals surface area contributed by atoms with Gasteiger partial charge in [-0.05, 0) is 30.4 Å². The average Bonchev–Trinajstić information content (AvgIpc) is 3.27. The summed E-state index contributed by atoms with van der Waals surface area (Å²) in [5.74, 6) is 0.336. The number of hydrogen-bond acceptors (Lipinski definition) is 5. The fourth-order valence-corrected chi connectivity index (χ4v) is 4.99. The summed E-state index contributed by atoms with van der Waals surface area (Å²) >= 11 is 6.22. The third kappa shape index (κ3) is 2.66. The van der Waals surface area contributed by atoms with Gasteiger partial charge in [0.25, 0.3) is 5.91 Å². The molecule has 2 aliphatic heterocycles. The fourth-order valence-electron chi connectivity index (χ4n) is 4.76. The number of fused-ring (bicyclic) bond motifs is 1. The SMILES string of the molecule is Cn1nnc(Cl)c1CC1c2ccccc2C(=O)N1CC1CC2(CNC(=O)O2)C1. The molecular weight excluding hydrogens is 382 g/mol. The molecule has 1 saturated carbocycles. The first-order valence-electron chi connectivity index (χ1n) is 9.36. The molecule has 1 aromatic carbocycles. The molecule has 1 unspecified atom stereocenters. The van der Waals surface area contributed by atoms with E-state index < -0.39 is 0 Å². The minimum Gasteiger partial charge on any atom is -0.441 e. The van der Waals surface area contributed by atoms with E-state index in [9.17, 15) is 9.59 Å². The van der Waals surface area contributed by atoms with Crippen LogP contribution in [0, 0.1) is 5.92 Å². The van der Waals surface area contributed by atoms with Crippen molar-refractivity contribution in [3.63, 3.8) is 0 Å². The lowest BCUT2D eigenvalue weighted by atomic mass is 9.70. The molecule has 3 heterocycles. The predicted octanol–water partition coefficient (Wildman–Crippen LogP) is 2.10. The maximum absolute atomic E-state index is 13.1. The first-order chi connectivity index (χ1) is 13.5. The van der Waals surface area contributed by atoms with Crippen LogP contribution in [0.25, 0.3) is 0 Å². The zero-order chi connectivity index (χ0) is 19.5. The highest BCUT2D eigenvalue weighted by Crippen LogP contribution is 2.45. The molecule has 1 spiro atoms. The highest BCUT2D eigenvalue weighted by Gasteiger charge is 2.52. The summed E-state index contributed by atoms with van der Waals surface area (Å²) in [5, 5.41) is 11.0. The lowest BCUT2D eigenvalue weighted by Crippen LogP contribution is -2.51. The number of ether oxygens (including phenoxy) is 1.